The lowest BCUT2D eigenvalue weighted by molar-refractivity contribution is -0.133. The highest BCUT2D eigenvalue weighted by atomic mass is 32.2. The van der Waals surface area contributed by atoms with Crippen LogP contribution in [0.3, 0.4) is 0 Å². The summed E-state index contributed by atoms with van der Waals surface area (Å²) in [6, 6.07) is 0. The number of ketones is 1. The fourth-order valence-electron chi connectivity index (χ4n) is 2.80. The number of carboxylic acid groups (broad SMARTS) is 1. The van der Waals surface area contributed by atoms with Crippen LogP contribution in [0, 0.1) is 5.92 Å². The molecule has 1 saturated carbocycles. The average molecular weight is 391 g/mol. The van der Waals surface area contributed by atoms with E-state index in [0.29, 0.717) is 6.42 Å². The summed E-state index contributed by atoms with van der Waals surface area (Å²) in [5.74, 6) is 0.622. The summed E-state index contributed by atoms with van der Waals surface area (Å²) >= 11 is 2.91. The number of rotatable bonds is 13. The predicted molar refractivity (Wildman–Crippen MR) is 104 cm³/mol. The van der Waals surface area contributed by atoms with Gasteiger partial charge in [0.25, 0.3) is 0 Å². The number of carbonyl (C=O) groups excluding carboxylic acids is 1. The standard InChI is InChI=1S/C18H30O5S2/c1-2-3-4-6-13(19)7-8-14-15(20)11-16(21)18(14)25-10-5-9-24-12-17(22)23/h7-8,13-15,18-20H,2-6,9-12H2,1H3,(H,22,23)/t13-,14?,15?,18+/m0/s1. The molecule has 0 saturated heterocycles. The zero-order valence-electron chi connectivity index (χ0n) is 14.8. The molecule has 1 aliphatic rings. The third-order valence-corrected chi connectivity index (χ3v) is 6.63. The van der Waals surface area contributed by atoms with Gasteiger partial charge in [-0.25, -0.2) is 0 Å². The minimum atomic E-state index is -0.811. The molecule has 0 radical (unpaired) electrons. The number of aliphatic carboxylic acids is 1. The summed E-state index contributed by atoms with van der Waals surface area (Å²) in [5, 5.41) is 28.4. The fraction of sp³-hybridized carbons (Fsp3) is 0.778. The van der Waals surface area contributed by atoms with Gasteiger partial charge in [0, 0.05) is 12.3 Å². The Balaban J connectivity index is 2.39. The third-order valence-electron chi connectivity index (χ3n) is 4.14. The van der Waals surface area contributed by atoms with E-state index >= 15 is 0 Å². The van der Waals surface area contributed by atoms with E-state index in [-0.39, 0.29) is 29.1 Å². The van der Waals surface area contributed by atoms with E-state index in [1.165, 1.54) is 23.5 Å². The summed E-state index contributed by atoms with van der Waals surface area (Å²) in [6.07, 6.45) is 7.22. The second-order valence-electron chi connectivity index (χ2n) is 6.35. The Labute approximate surface area is 158 Å². The molecule has 0 aromatic carbocycles. The van der Waals surface area contributed by atoms with E-state index in [2.05, 4.69) is 6.92 Å². The second kappa shape index (κ2) is 12.8. The summed E-state index contributed by atoms with van der Waals surface area (Å²) in [7, 11) is 0. The first-order chi connectivity index (χ1) is 12.0. The molecule has 0 aromatic rings. The minimum Gasteiger partial charge on any atom is -0.481 e. The molecule has 0 spiro atoms. The van der Waals surface area contributed by atoms with Crippen LogP contribution in [0.2, 0.25) is 0 Å². The van der Waals surface area contributed by atoms with Crippen LogP contribution in [0.15, 0.2) is 12.2 Å². The highest BCUT2D eigenvalue weighted by Crippen LogP contribution is 2.34. The first-order valence-corrected chi connectivity index (χ1v) is 11.1. The van der Waals surface area contributed by atoms with Crippen molar-refractivity contribution in [1.29, 1.82) is 0 Å². The monoisotopic (exact) mass is 390 g/mol. The molecule has 144 valence electrons. The average Bonchev–Trinajstić information content (AvgIpc) is 2.82. The van der Waals surface area contributed by atoms with E-state index in [9.17, 15) is 19.8 Å². The number of thioether (sulfide) groups is 2. The van der Waals surface area contributed by atoms with Crippen LogP contribution in [-0.2, 0) is 9.59 Å². The molecule has 0 heterocycles. The Morgan fingerprint density at radius 3 is 2.76 bits per heavy atom. The molecule has 0 aromatic heterocycles. The maximum Gasteiger partial charge on any atom is 0.313 e. The zero-order valence-corrected chi connectivity index (χ0v) is 16.4. The third kappa shape index (κ3) is 9.13. The SMILES string of the molecule is CCCCC[C@H](O)C=CC1C(O)CC(=O)[C@@H]1SCCCSCC(=O)O. The summed E-state index contributed by atoms with van der Waals surface area (Å²) in [5.41, 5.74) is 0. The van der Waals surface area contributed by atoms with Crippen LogP contribution in [0.4, 0.5) is 0 Å². The number of carboxylic acids is 1. The van der Waals surface area contributed by atoms with Gasteiger partial charge in [-0.1, -0.05) is 38.3 Å². The lowest BCUT2D eigenvalue weighted by Gasteiger charge is -2.17. The van der Waals surface area contributed by atoms with E-state index in [0.717, 1.165) is 37.2 Å². The predicted octanol–water partition coefficient (Wildman–Crippen LogP) is 2.74. The van der Waals surface area contributed by atoms with Crippen molar-refractivity contribution in [2.75, 3.05) is 17.3 Å². The van der Waals surface area contributed by atoms with Gasteiger partial charge in [-0.2, -0.15) is 11.8 Å². The zero-order chi connectivity index (χ0) is 18.7. The summed E-state index contributed by atoms with van der Waals surface area (Å²) in [6.45, 7) is 2.12. The van der Waals surface area contributed by atoms with E-state index in [1.54, 1.807) is 6.08 Å². The van der Waals surface area contributed by atoms with Crippen LogP contribution in [-0.4, -0.2) is 61.8 Å². The van der Waals surface area contributed by atoms with Gasteiger partial charge in [-0.3, -0.25) is 9.59 Å². The Hall–Kier alpha value is -0.500. The largest absolute Gasteiger partial charge is 0.481 e. The Morgan fingerprint density at radius 2 is 2.08 bits per heavy atom. The van der Waals surface area contributed by atoms with Crippen molar-refractivity contribution in [2.45, 2.75) is 62.9 Å². The lowest BCUT2D eigenvalue weighted by Crippen LogP contribution is -2.22. The normalized spacial score (nSPS) is 24.9. The van der Waals surface area contributed by atoms with Gasteiger partial charge >= 0.3 is 5.97 Å². The molecule has 1 aliphatic carbocycles. The molecule has 0 amide bonds. The number of hydrogen-bond donors (Lipinski definition) is 3. The summed E-state index contributed by atoms with van der Waals surface area (Å²) < 4.78 is 0. The number of aliphatic hydroxyl groups excluding tert-OH is 2. The van der Waals surface area contributed by atoms with Gasteiger partial charge in [-0.05, 0) is 24.3 Å². The number of carbonyl (C=O) groups is 2. The van der Waals surface area contributed by atoms with Crippen LogP contribution in [0.5, 0.6) is 0 Å². The molecule has 4 atom stereocenters. The molecule has 2 unspecified atom stereocenters. The molecule has 7 heteroatoms. The van der Waals surface area contributed by atoms with Crippen LogP contribution in [0.1, 0.15) is 45.4 Å². The quantitative estimate of drug-likeness (QED) is 0.329. The molecular weight excluding hydrogens is 360 g/mol. The Kier molecular flexibility index (Phi) is 11.5. The molecule has 3 N–H and O–H groups in total. The van der Waals surface area contributed by atoms with Crippen molar-refractivity contribution in [3.8, 4) is 0 Å². The Bertz CT molecular complexity index is 441. The van der Waals surface area contributed by atoms with Gasteiger partial charge in [0.2, 0.25) is 0 Å². The van der Waals surface area contributed by atoms with Crippen LogP contribution in [0.25, 0.3) is 0 Å². The van der Waals surface area contributed by atoms with E-state index < -0.39 is 18.2 Å². The first kappa shape index (κ1) is 22.5. The number of aliphatic hydroxyl groups is 2. The van der Waals surface area contributed by atoms with E-state index in [4.69, 9.17) is 5.11 Å². The van der Waals surface area contributed by atoms with Gasteiger partial charge in [0.05, 0.1) is 23.2 Å². The molecule has 0 bridgehead atoms. The Morgan fingerprint density at radius 1 is 1.32 bits per heavy atom. The smallest absolute Gasteiger partial charge is 0.313 e. The molecule has 1 fully saturated rings. The van der Waals surface area contributed by atoms with Crippen LogP contribution < -0.4 is 0 Å². The lowest BCUT2D eigenvalue weighted by atomic mass is 10.0. The van der Waals surface area contributed by atoms with Crippen LogP contribution >= 0.6 is 23.5 Å². The fourth-order valence-corrected chi connectivity index (χ4v) is 4.99. The van der Waals surface area contributed by atoms with Crippen molar-refractivity contribution in [3.05, 3.63) is 12.2 Å². The highest BCUT2D eigenvalue weighted by molar-refractivity contribution is 8.01. The van der Waals surface area contributed by atoms with Crippen molar-refractivity contribution >= 4 is 35.3 Å². The molecule has 5 nitrogen and oxygen atoms in total. The second-order valence-corrected chi connectivity index (χ2v) is 8.71. The van der Waals surface area contributed by atoms with Crippen molar-refractivity contribution in [2.24, 2.45) is 5.92 Å². The van der Waals surface area contributed by atoms with Crippen molar-refractivity contribution < 1.29 is 24.9 Å². The topological polar surface area (TPSA) is 94.8 Å². The highest BCUT2D eigenvalue weighted by Gasteiger charge is 2.40. The van der Waals surface area contributed by atoms with Gasteiger partial charge < -0.3 is 15.3 Å². The first-order valence-electron chi connectivity index (χ1n) is 8.94. The summed E-state index contributed by atoms with van der Waals surface area (Å²) in [4.78, 5) is 22.5. The molecular formula is C18H30O5S2. The number of hydrogen-bond acceptors (Lipinski definition) is 6. The minimum absolute atomic E-state index is 0.0609. The van der Waals surface area contributed by atoms with Gasteiger partial charge in [-0.15, -0.1) is 11.8 Å². The number of Topliss-reactive ketones (excluding diaryl/α,β-unsaturated/α-hetero) is 1. The molecule has 25 heavy (non-hydrogen) atoms. The molecule has 1 rings (SSSR count). The maximum absolute atomic E-state index is 12.1. The van der Waals surface area contributed by atoms with Gasteiger partial charge in [0.1, 0.15) is 5.78 Å². The van der Waals surface area contributed by atoms with Crippen molar-refractivity contribution in [1.82, 2.24) is 0 Å². The van der Waals surface area contributed by atoms with Gasteiger partial charge in [0.15, 0.2) is 0 Å². The van der Waals surface area contributed by atoms with E-state index in [1.807, 2.05) is 6.08 Å². The molecule has 0 aliphatic heterocycles. The number of unbranched alkanes of at least 4 members (excludes halogenated alkanes) is 2. The maximum atomic E-state index is 12.1. The van der Waals surface area contributed by atoms with Crippen molar-refractivity contribution in [3.63, 3.8) is 0 Å².